The molecule has 0 bridgehead atoms. The van der Waals surface area contributed by atoms with Gasteiger partial charge in [-0.3, -0.25) is 14.2 Å². The molecule has 0 atom stereocenters. The predicted octanol–water partition coefficient (Wildman–Crippen LogP) is 4.49. The maximum atomic E-state index is 12.7. The highest BCUT2D eigenvalue weighted by Crippen LogP contribution is 2.24. The van der Waals surface area contributed by atoms with E-state index in [-0.39, 0.29) is 24.0 Å². The molecule has 1 aromatic heterocycles. The van der Waals surface area contributed by atoms with Gasteiger partial charge < -0.3 is 10.1 Å². The van der Waals surface area contributed by atoms with Crippen molar-refractivity contribution in [3.8, 4) is 11.4 Å². The first-order valence-electron chi connectivity index (χ1n) is 10.7. The average Bonchev–Trinajstić information content (AvgIpc) is 3.29. The number of thioether (sulfide) groups is 1. The van der Waals surface area contributed by atoms with Gasteiger partial charge in [0.1, 0.15) is 5.75 Å². The van der Waals surface area contributed by atoms with Gasteiger partial charge in [0.15, 0.2) is 16.8 Å². The molecule has 1 N–H and O–H groups in total. The molecule has 0 aliphatic heterocycles. The molecule has 1 amide bonds. The van der Waals surface area contributed by atoms with Gasteiger partial charge in [-0.1, -0.05) is 60.3 Å². The Balaban J connectivity index is 1.55. The Hall–Kier alpha value is -3.91. The molecule has 1 heterocycles. The summed E-state index contributed by atoms with van der Waals surface area (Å²) < 4.78 is 7.08. The van der Waals surface area contributed by atoms with Crippen LogP contribution in [-0.4, -0.2) is 39.3 Å². The number of aryl methyl sites for hydroxylation is 1. The fraction of sp³-hybridized carbons (Fsp3) is 0.154. The van der Waals surface area contributed by atoms with E-state index < -0.39 is 0 Å². The number of Topliss-reactive ketones (excluding diaryl/α,β-unsaturated/α-hetero) is 1. The largest absolute Gasteiger partial charge is 0.497 e. The van der Waals surface area contributed by atoms with Crippen molar-refractivity contribution in [1.29, 1.82) is 0 Å². The van der Waals surface area contributed by atoms with Gasteiger partial charge in [-0.05, 0) is 42.8 Å². The van der Waals surface area contributed by atoms with E-state index in [1.807, 2.05) is 54.0 Å². The second kappa shape index (κ2) is 10.8. The summed E-state index contributed by atoms with van der Waals surface area (Å²) in [5, 5.41) is 12.1. The minimum Gasteiger partial charge on any atom is -0.497 e. The van der Waals surface area contributed by atoms with Crippen molar-refractivity contribution in [1.82, 2.24) is 20.1 Å². The number of methoxy groups -OCH3 is 1. The third kappa shape index (κ3) is 5.52. The normalized spacial score (nSPS) is 10.6. The van der Waals surface area contributed by atoms with Crippen LogP contribution < -0.4 is 10.1 Å². The number of rotatable bonds is 9. The molecule has 172 valence electrons. The molecule has 0 unspecified atom stereocenters. The highest BCUT2D eigenvalue weighted by Gasteiger charge is 2.18. The lowest BCUT2D eigenvalue weighted by Crippen LogP contribution is -2.24. The lowest BCUT2D eigenvalue weighted by atomic mass is 10.2. The van der Waals surface area contributed by atoms with Crippen LogP contribution in [0.1, 0.15) is 32.1 Å². The minimum atomic E-state index is -0.244. The van der Waals surface area contributed by atoms with E-state index in [1.165, 1.54) is 11.8 Å². The number of carbonyl (C=O) groups excluding carboxylic acids is 2. The van der Waals surface area contributed by atoms with Crippen molar-refractivity contribution in [3.63, 3.8) is 0 Å². The third-order valence-corrected chi connectivity index (χ3v) is 6.06. The highest BCUT2D eigenvalue weighted by molar-refractivity contribution is 7.99. The maximum Gasteiger partial charge on any atom is 0.251 e. The molecule has 34 heavy (non-hydrogen) atoms. The van der Waals surface area contributed by atoms with E-state index in [9.17, 15) is 9.59 Å². The Morgan fingerprint density at radius 1 is 0.941 bits per heavy atom. The number of nitrogens with zero attached hydrogens (tertiary/aromatic N) is 3. The van der Waals surface area contributed by atoms with Crippen LogP contribution in [-0.2, 0) is 6.54 Å². The van der Waals surface area contributed by atoms with Crippen molar-refractivity contribution in [2.45, 2.75) is 18.6 Å². The van der Waals surface area contributed by atoms with Gasteiger partial charge >= 0.3 is 0 Å². The van der Waals surface area contributed by atoms with Gasteiger partial charge in [0.25, 0.3) is 5.91 Å². The smallest absolute Gasteiger partial charge is 0.251 e. The summed E-state index contributed by atoms with van der Waals surface area (Å²) in [6.45, 7) is 2.17. The van der Waals surface area contributed by atoms with Crippen LogP contribution in [0.3, 0.4) is 0 Å². The van der Waals surface area contributed by atoms with Crippen molar-refractivity contribution in [2.24, 2.45) is 0 Å². The molecule has 8 heteroatoms. The zero-order chi connectivity index (χ0) is 23.9. The number of hydrogen-bond acceptors (Lipinski definition) is 6. The fourth-order valence-electron chi connectivity index (χ4n) is 3.40. The number of amides is 1. The van der Waals surface area contributed by atoms with Crippen LogP contribution in [0, 0.1) is 6.92 Å². The second-order valence-electron chi connectivity index (χ2n) is 7.57. The van der Waals surface area contributed by atoms with E-state index in [4.69, 9.17) is 4.74 Å². The van der Waals surface area contributed by atoms with E-state index in [0.29, 0.717) is 27.9 Å². The zero-order valence-electron chi connectivity index (χ0n) is 18.9. The summed E-state index contributed by atoms with van der Waals surface area (Å²) in [6, 6.07) is 24.0. The average molecular weight is 473 g/mol. The minimum absolute atomic E-state index is 0.0114. The van der Waals surface area contributed by atoms with Gasteiger partial charge in [-0.2, -0.15) is 0 Å². The molecule has 0 aliphatic rings. The van der Waals surface area contributed by atoms with Gasteiger partial charge in [0.2, 0.25) is 0 Å². The summed E-state index contributed by atoms with van der Waals surface area (Å²) >= 11 is 1.32. The Kier molecular flexibility index (Phi) is 7.39. The Morgan fingerprint density at radius 2 is 1.71 bits per heavy atom. The van der Waals surface area contributed by atoms with Crippen molar-refractivity contribution >= 4 is 23.5 Å². The zero-order valence-corrected chi connectivity index (χ0v) is 19.7. The molecule has 4 aromatic rings. The fourth-order valence-corrected chi connectivity index (χ4v) is 4.26. The molecule has 4 rings (SSSR count). The Bertz CT molecular complexity index is 1300. The van der Waals surface area contributed by atoms with Crippen LogP contribution in [0.25, 0.3) is 5.69 Å². The molecule has 0 radical (unpaired) electrons. The summed E-state index contributed by atoms with van der Waals surface area (Å²) in [7, 11) is 1.56. The lowest BCUT2D eigenvalue weighted by molar-refractivity contribution is 0.0948. The number of aromatic nitrogens is 3. The number of nitrogens with one attached hydrogen (secondary N) is 1. The van der Waals surface area contributed by atoms with Crippen LogP contribution in [0.5, 0.6) is 5.75 Å². The first kappa shape index (κ1) is 23.3. The first-order valence-corrected chi connectivity index (χ1v) is 11.7. The number of carbonyl (C=O) groups is 2. The van der Waals surface area contributed by atoms with E-state index >= 15 is 0 Å². The topological polar surface area (TPSA) is 86.1 Å². The van der Waals surface area contributed by atoms with Crippen LogP contribution in [0.4, 0.5) is 0 Å². The molecule has 0 spiro atoms. The monoisotopic (exact) mass is 472 g/mol. The standard InChI is InChI=1S/C26H24N4O3S/c1-18-8-6-12-21(14-18)30-24(16-27-25(32)20-11-7-13-22(15-20)33-2)28-29-26(30)34-17-23(31)19-9-4-3-5-10-19/h3-15H,16-17H2,1-2H3,(H,27,32). The number of benzene rings is 3. The summed E-state index contributed by atoms with van der Waals surface area (Å²) in [4.78, 5) is 25.3. The van der Waals surface area contributed by atoms with Gasteiger partial charge in [0, 0.05) is 16.8 Å². The summed E-state index contributed by atoms with van der Waals surface area (Å²) in [6.07, 6.45) is 0. The molecule has 0 saturated carbocycles. The molecular weight excluding hydrogens is 448 g/mol. The summed E-state index contributed by atoms with van der Waals surface area (Å²) in [5.74, 6) is 1.17. The quantitative estimate of drug-likeness (QED) is 0.285. The molecule has 3 aromatic carbocycles. The van der Waals surface area contributed by atoms with Crippen LogP contribution in [0.15, 0.2) is 84.0 Å². The SMILES string of the molecule is COc1cccc(C(=O)NCc2nnc(SCC(=O)c3ccccc3)n2-c2cccc(C)c2)c1. The number of ketones is 1. The van der Waals surface area contributed by atoms with Gasteiger partial charge in [0.05, 0.1) is 19.4 Å². The van der Waals surface area contributed by atoms with E-state index in [0.717, 1.165) is 11.3 Å². The highest BCUT2D eigenvalue weighted by atomic mass is 32.2. The van der Waals surface area contributed by atoms with Crippen molar-refractivity contribution in [3.05, 3.63) is 101 Å². The number of hydrogen-bond donors (Lipinski definition) is 1. The molecule has 0 fully saturated rings. The molecular formula is C26H24N4O3S. The van der Waals surface area contributed by atoms with Crippen molar-refractivity contribution in [2.75, 3.05) is 12.9 Å². The molecule has 7 nitrogen and oxygen atoms in total. The Labute approximate surface area is 202 Å². The number of ether oxygens (including phenoxy) is 1. The predicted molar refractivity (Wildman–Crippen MR) is 132 cm³/mol. The Morgan fingerprint density at radius 3 is 2.47 bits per heavy atom. The molecule has 0 saturated heterocycles. The lowest BCUT2D eigenvalue weighted by Gasteiger charge is -2.12. The maximum absolute atomic E-state index is 12.7. The first-order chi connectivity index (χ1) is 16.5. The second-order valence-corrected chi connectivity index (χ2v) is 8.51. The molecule has 0 aliphatic carbocycles. The summed E-state index contributed by atoms with van der Waals surface area (Å²) in [5.41, 5.74) is 3.09. The van der Waals surface area contributed by atoms with Gasteiger partial charge in [-0.25, -0.2) is 0 Å². The van der Waals surface area contributed by atoms with Crippen LogP contribution in [0.2, 0.25) is 0 Å². The van der Waals surface area contributed by atoms with E-state index in [1.54, 1.807) is 43.5 Å². The van der Waals surface area contributed by atoms with Crippen molar-refractivity contribution < 1.29 is 14.3 Å². The van der Waals surface area contributed by atoms with Gasteiger partial charge in [-0.15, -0.1) is 10.2 Å². The third-order valence-electron chi connectivity index (χ3n) is 5.13. The van der Waals surface area contributed by atoms with Crippen LogP contribution >= 0.6 is 11.8 Å². The van der Waals surface area contributed by atoms with E-state index in [2.05, 4.69) is 15.5 Å².